The van der Waals surface area contributed by atoms with E-state index in [0.29, 0.717) is 17.9 Å². The minimum atomic E-state index is 0.524. The summed E-state index contributed by atoms with van der Waals surface area (Å²) < 4.78 is 5.47. The van der Waals surface area contributed by atoms with Crippen molar-refractivity contribution >= 4 is 23.0 Å². The monoisotopic (exact) mass is 375 g/mol. The number of rotatable bonds is 9. The van der Waals surface area contributed by atoms with Crippen LogP contribution in [0, 0.1) is 18.3 Å². The molecule has 28 heavy (non-hydrogen) atoms. The maximum absolute atomic E-state index is 9.58. The fraction of sp³-hybridized carbons (Fsp3) is 0.318. The number of allylic oxidation sites excluding steroid dienone is 1. The first-order valence-corrected chi connectivity index (χ1v) is 9.33. The molecule has 0 unspecified atom stereocenters. The van der Waals surface area contributed by atoms with Crippen LogP contribution in [0.5, 0.6) is 0 Å². The first-order chi connectivity index (χ1) is 13.6. The molecule has 144 valence electrons. The zero-order chi connectivity index (χ0) is 20.4. The summed E-state index contributed by atoms with van der Waals surface area (Å²) >= 11 is 0. The highest BCUT2D eigenvalue weighted by atomic mass is 16.5. The predicted octanol–water partition coefficient (Wildman–Crippen LogP) is 5.86. The van der Waals surface area contributed by atoms with Crippen LogP contribution in [-0.4, -0.2) is 26.3 Å². The van der Waals surface area contributed by atoms with Crippen molar-refractivity contribution < 1.29 is 4.74 Å². The number of azide groups is 1. The Morgan fingerprint density at radius 3 is 2.57 bits per heavy atom. The summed E-state index contributed by atoms with van der Waals surface area (Å²) in [6.45, 7) is 9.35. The molecular weight excluding hydrogens is 350 g/mol. The lowest BCUT2D eigenvalue weighted by molar-refractivity contribution is 0.154. The minimum absolute atomic E-state index is 0.524. The quantitative estimate of drug-likeness (QED) is 0.137. The number of aryl methyl sites for hydroxylation is 1. The average Bonchev–Trinajstić information content (AvgIpc) is 2.71. The van der Waals surface area contributed by atoms with Gasteiger partial charge < -0.3 is 9.64 Å². The Morgan fingerprint density at radius 2 is 2.00 bits per heavy atom. The van der Waals surface area contributed by atoms with Crippen LogP contribution in [0.3, 0.4) is 0 Å². The van der Waals surface area contributed by atoms with E-state index in [1.165, 1.54) is 0 Å². The molecule has 0 saturated carbocycles. The van der Waals surface area contributed by atoms with Gasteiger partial charge in [0.2, 0.25) is 0 Å². The van der Waals surface area contributed by atoms with Crippen molar-refractivity contribution in [2.45, 2.75) is 20.8 Å². The number of hydrogen-bond donors (Lipinski definition) is 0. The van der Waals surface area contributed by atoms with Crippen molar-refractivity contribution in [3.63, 3.8) is 0 Å². The van der Waals surface area contributed by atoms with Crippen molar-refractivity contribution in [3.8, 4) is 6.07 Å². The molecule has 2 aromatic rings. The molecule has 0 aromatic heterocycles. The number of ether oxygens (including phenoxy) is 1. The summed E-state index contributed by atoms with van der Waals surface area (Å²) in [5, 5.41) is 13.1. The molecule has 6 nitrogen and oxygen atoms in total. The molecule has 2 rings (SSSR count). The highest BCUT2D eigenvalue weighted by molar-refractivity contribution is 5.90. The third-order valence-electron chi connectivity index (χ3n) is 4.47. The Labute approximate surface area is 166 Å². The zero-order valence-corrected chi connectivity index (χ0v) is 16.6. The van der Waals surface area contributed by atoms with E-state index >= 15 is 0 Å². The third kappa shape index (κ3) is 5.62. The molecule has 0 spiro atoms. The summed E-state index contributed by atoms with van der Waals surface area (Å²) in [7, 11) is 0. The molecular formula is C22H25N5O. The summed E-state index contributed by atoms with van der Waals surface area (Å²) in [5.41, 5.74) is 13.6. The lowest BCUT2D eigenvalue weighted by Crippen LogP contribution is -2.27. The number of hydrogen-bond acceptors (Lipinski definition) is 4. The third-order valence-corrected chi connectivity index (χ3v) is 4.47. The van der Waals surface area contributed by atoms with Gasteiger partial charge in [0.25, 0.3) is 0 Å². The van der Waals surface area contributed by atoms with E-state index in [-0.39, 0.29) is 0 Å². The molecule has 0 amide bonds. The second-order valence-corrected chi connectivity index (χ2v) is 6.22. The van der Waals surface area contributed by atoms with Gasteiger partial charge in [0.1, 0.15) is 0 Å². The summed E-state index contributed by atoms with van der Waals surface area (Å²) in [4.78, 5) is 5.04. The number of nitrogens with zero attached hydrogens (tertiary/aromatic N) is 5. The van der Waals surface area contributed by atoms with Crippen molar-refractivity contribution in [1.29, 1.82) is 5.26 Å². The van der Waals surface area contributed by atoms with E-state index < -0.39 is 0 Å². The maximum atomic E-state index is 9.58. The van der Waals surface area contributed by atoms with Gasteiger partial charge in [0.15, 0.2) is 0 Å². The first kappa shape index (κ1) is 21.0. The largest absolute Gasteiger partial charge is 0.380 e. The lowest BCUT2D eigenvalue weighted by atomic mass is 10.0. The van der Waals surface area contributed by atoms with E-state index in [2.05, 4.69) is 40.1 Å². The van der Waals surface area contributed by atoms with E-state index in [4.69, 9.17) is 10.3 Å². The molecule has 0 aliphatic carbocycles. The van der Waals surface area contributed by atoms with E-state index in [9.17, 15) is 5.26 Å². The molecule has 0 radical (unpaired) electrons. The second-order valence-electron chi connectivity index (χ2n) is 6.22. The lowest BCUT2D eigenvalue weighted by Gasteiger charge is -2.23. The number of nitriles is 1. The van der Waals surface area contributed by atoms with Crippen LogP contribution in [0.1, 0.15) is 30.5 Å². The number of anilines is 1. The predicted molar refractivity (Wildman–Crippen MR) is 114 cm³/mol. The highest BCUT2D eigenvalue weighted by Gasteiger charge is 2.08. The Hall–Kier alpha value is -3.26. The van der Waals surface area contributed by atoms with Gasteiger partial charge in [0.05, 0.1) is 18.2 Å². The first-order valence-electron chi connectivity index (χ1n) is 9.33. The summed E-state index contributed by atoms with van der Waals surface area (Å²) in [6.07, 6.45) is 1.89. The summed E-state index contributed by atoms with van der Waals surface area (Å²) in [5.74, 6) is 0. The van der Waals surface area contributed by atoms with E-state index in [0.717, 1.165) is 42.1 Å². The molecule has 6 heteroatoms. The topological polar surface area (TPSA) is 85.0 Å². The molecule has 0 atom stereocenters. The van der Waals surface area contributed by atoms with Gasteiger partial charge in [0, 0.05) is 36.0 Å². The van der Waals surface area contributed by atoms with Crippen LogP contribution in [-0.2, 0) is 4.74 Å². The van der Waals surface area contributed by atoms with E-state index in [1.54, 1.807) is 24.3 Å². The molecule has 0 heterocycles. The Balaban J connectivity index is 2.26. The molecule has 0 N–H and O–H groups in total. The minimum Gasteiger partial charge on any atom is -0.380 e. The normalized spacial score (nSPS) is 10.9. The van der Waals surface area contributed by atoms with Gasteiger partial charge in [-0.3, -0.25) is 0 Å². The maximum Gasteiger partial charge on any atom is 0.0998 e. The highest BCUT2D eigenvalue weighted by Crippen LogP contribution is 2.25. The van der Waals surface area contributed by atoms with Crippen LogP contribution >= 0.6 is 0 Å². The summed E-state index contributed by atoms with van der Waals surface area (Å²) in [6, 6.07) is 15.5. The second kappa shape index (κ2) is 10.8. The SMILES string of the molecule is CCOCCN(CC)c1ccc(C=C(C#N)c2ccc(N=[N+]=[N-])cc2)c(C)c1. The number of likely N-dealkylation sites (N-methyl/N-ethyl adjacent to an activating group) is 1. The molecule has 0 bridgehead atoms. The van der Waals surface area contributed by atoms with Crippen LogP contribution in [0.4, 0.5) is 11.4 Å². The van der Waals surface area contributed by atoms with Gasteiger partial charge in [-0.25, -0.2) is 0 Å². The van der Waals surface area contributed by atoms with Crippen LogP contribution < -0.4 is 4.90 Å². The fourth-order valence-electron chi connectivity index (χ4n) is 2.90. The molecule has 2 aromatic carbocycles. The van der Waals surface area contributed by atoms with Crippen molar-refractivity contribution in [2.24, 2.45) is 5.11 Å². The van der Waals surface area contributed by atoms with Gasteiger partial charge in [-0.15, -0.1) is 0 Å². The van der Waals surface area contributed by atoms with Gasteiger partial charge in [-0.2, -0.15) is 5.26 Å². The standard InChI is InChI=1S/C22H25N5O/c1-4-27(12-13-28-5-2)22-11-8-19(17(3)14-22)15-20(16-23)18-6-9-21(10-7-18)25-26-24/h6-11,14-15H,4-5,12-13H2,1-3H3. The molecule has 0 aliphatic heterocycles. The molecule has 0 aliphatic rings. The van der Waals surface area contributed by atoms with Crippen LogP contribution in [0.25, 0.3) is 22.1 Å². The van der Waals surface area contributed by atoms with Crippen molar-refractivity contribution in [3.05, 3.63) is 69.6 Å². The Bertz CT molecular complexity index is 906. The average molecular weight is 375 g/mol. The van der Waals surface area contributed by atoms with E-state index in [1.807, 2.05) is 26.0 Å². The smallest absolute Gasteiger partial charge is 0.0998 e. The van der Waals surface area contributed by atoms with Gasteiger partial charge >= 0.3 is 0 Å². The van der Waals surface area contributed by atoms with Crippen LogP contribution in [0.15, 0.2) is 47.6 Å². The van der Waals surface area contributed by atoms with Gasteiger partial charge in [-0.05, 0) is 61.2 Å². The Morgan fingerprint density at radius 1 is 1.25 bits per heavy atom. The Kier molecular flexibility index (Phi) is 8.11. The van der Waals surface area contributed by atoms with Crippen LogP contribution in [0.2, 0.25) is 0 Å². The van der Waals surface area contributed by atoms with Crippen molar-refractivity contribution in [2.75, 3.05) is 31.2 Å². The number of benzene rings is 2. The molecule has 0 saturated heterocycles. The fourth-order valence-corrected chi connectivity index (χ4v) is 2.90. The van der Waals surface area contributed by atoms with Gasteiger partial charge in [-0.1, -0.05) is 35.4 Å². The van der Waals surface area contributed by atoms with Crippen molar-refractivity contribution in [1.82, 2.24) is 0 Å². The molecule has 0 fully saturated rings. The zero-order valence-electron chi connectivity index (χ0n) is 16.6.